The van der Waals surface area contributed by atoms with Crippen molar-refractivity contribution in [1.29, 1.82) is 0 Å². The number of para-hydroxylation sites is 2. The average molecular weight is 311 g/mol. The maximum absolute atomic E-state index is 6.04. The molecule has 1 aromatic heterocycles. The lowest BCUT2D eigenvalue weighted by Crippen LogP contribution is -2.14. The molecular weight excluding hydrogens is 292 g/mol. The Morgan fingerprint density at radius 3 is 2.70 bits per heavy atom. The Morgan fingerprint density at radius 2 is 2.05 bits per heavy atom. The number of nitrogens with zero attached hydrogens (tertiary/aromatic N) is 1. The average Bonchev–Trinajstić information content (AvgIpc) is 2.89. The quantitative estimate of drug-likeness (QED) is 0.783. The van der Waals surface area contributed by atoms with Crippen LogP contribution >= 0.6 is 22.9 Å². The number of rotatable bonds is 7. The zero-order valence-corrected chi connectivity index (χ0v) is 13.3. The summed E-state index contributed by atoms with van der Waals surface area (Å²) in [5.41, 5.74) is 1.00. The normalized spacial score (nSPS) is 10.8. The Bertz CT molecular complexity index is 540. The molecule has 1 N–H and O–H groups in total. The molecule has 0 aliphatic heterocycles. The summed E-state index contributed by atoms with van der Waals surface area (Å²) in [4.78, 5) is 5.14. The van der Waals surface area contributed by atoms with Crippen LogP contribution in [0.4, 0.5) is 5.69 Å². The van der Waals surface area contributed by atoms with Gasteiger partial charge in [0.1, 0.15) is 5.75 Å². The van der Waals surface area contributed by atoms with E-state index in [4.69, 9.17) is 16.3 Å². The number of halogens is 1. The van der Waals surface area contributed by atoms with Gasteiger partial charge in [-0.05, 0) is 25.0 Å². The summed E-state index contributed by atoms with van der Waals surface area (Å²) in [6, 6.07) is 8.02. The Kier molecular flexibility index (Phi) is 5.68. The second kappa shape index (κ2) is 7.50. The number of hydrogen-bond donors (Lipinski definition) is 1. The summed E-state index contributed by atoms with van der Waals surface area (Å²) in [6.45, 7) is 4.99. The molecule has 0 radical (unpaired) electrons. The zero-order chi connectivity index (χ0) is 14.4. The van der Waals surface area contributed by atoms with Crippen LogP contribution in [0.1, 0.15) is 31.6 Å². The van der Waals surface area contributed by atoms with Crippen molar-refractivity contribution in [3.8, 4) is 5.75 Å². The van der Waals surface area contributed by atoms with E-state index in [9.17, 15) is 0 Å². The van der Waals surface area contributed by atoms with Gasteiger partial charge in [-0.3, -0.25) is 0 Å². The molecule has 5 heteroatoms. The van der Waals surface area contributed by atoms with Crippen LogP contribution in [0, 0.1) is 0 Å². The third-order valence-electron chi connectivity index (χ3n) is 3.07. The van der Waals surface area contributed by atoms with Gasteiger partial charge in [-0.1, -0.05) is 37.6 Å². The van der Waals surface area contributed by atoms with Crippen molar-refractivity contribution >= 4 is 28.6 Å². The highest BCUT2D eigenvalue weighted by atomic mass is 35.5. The maximum atomic E-state index is 6.04. The number of thiazole rings is 1. The van der Waals surface area contributed by atoms with Gasteiger partial charge in [-0.15, -0.1) is 11.3 Å². The van der Waals surface area contributed by atoms with E-state index in [0.717, 1.165) is 29.2 Å². The van der Waals surface area contributed by atoms with Crippen molar-refractivity contribution in [3.05, 3.63) is 39.8 Å². The smallest absolute Gasteiger partial charge is 0.183 e. The second-order valence-corrected chi connectivity index (χ2v) is 6.18. The third kappa shape index (κ3) is 4.12. The van der Waals surface area contributed by atoms with Crippen molar-refractivity contribution in [2.45, 2.75) is 39.3 Å². The summed E-state index contributed by atoms with van der Waals surface area (Å²) in [5.74, 6) is 0.900. The number of benzene rings is 1. The first kappa shape index (κ1) is 15.1. The van der Waals surface area contributed by atoms with E-state index in [1.54, 1.807) is 6.20 Å². The van der Waals surface area contributed by atoms with Gasteiger partial charge in [0.05, 0.1) is 18.3 Å². The molecule has 0 aliphatic rings. The molecule has 2 aromatic rings. The molecule has 0 saturated carbocycles. The number of hydrogen-bond acceptors (Lipinski definition) is 4. The molecule has 3 nitrogen and oxygen atoms in total. The van der Waals surface area contributed by atoms with E-state index in [2.05, 4.69) is 24.1 Å². The first-order chi connectivity index (χ1) is 9.72. The Balaban J connectivity index is 2.03. The van der Waals surface area contributed by atoms with Crippen LogP contribution in [-0.4, -0.2) is 11.1 Å². The third-order valence-corrected chi connectivity index (χ3v) is 4.18. The minimum Gasteiger partial charge on any atom is -0.488 e. The first-order valence-corrected chi connectivity index (χ1v) is 8.02. The molecule has 0 amide bonds. The topological polar surface area (TPSA) is 34.1 Å². The van der Waals surface area contributed by atoms with Crippen molar-refractivity contribution in [2.75, 3.05) is 5.32 Å². The van der Waals surface area contributed by atoms with E-state index in [0.29, 0.717) is 11.0 Å². The van der Waals surface area contributed by atoms with Gasteiger partial charge in [0, 0.05) is 11.1 Å². The molecule has 2 rings (SSSR count). The van der Waals surface area contributed by atoms with Gasteiger partial charge >= 0.3 is 0 Å². The molecule has 0 fully saturated rings. The van der Waals surface area contributed by atoms with E-state index in [1.807, 2.05) is 24.3 Å². The fraction of sp³-hybridized carbons (Fsp3) is 0.400. The van der Waals surface area contributed by atoms with Gasteiger partial charge < -0.3 is 10.1 Å². The molecule has 0 aliphatic carbocycles. The maximum Gasteiger partial charge on any atom is 0.183 e. The Labute approximate surface area is 129 Å². The SMILES string of the molecule is CCC(CC)Oc1ccccc1NCc1cnc(Cl)s1. The molecule has 0 spiro atoms. The van der Waals surface area contributed by atoms with Crippen LogP contribution in [0.2, 0.25) is 4.47 Å². The van der Waals surface area contributed by atoms with Gasteiger partial charge in [-0.25, -0.2) is 4.98 Å². The van der Waals surface area contributed by atoms with Gasteiger partial charge in [0.2, 0.25) is 0 Å². The van der Waals surface area contributed by atoms with Gasteiger partial charge in [0.15, 0.2) is 4.47 Å². The highest BCUT2D eigenvalue weighted by Gasteiger charge is 2.09. The molecule has 0 atom stereocenters. The largest absolute Gasteiger partial charge is 0.488 e. The predicted octanol–water partition coefficient (Wildman–Crippen LogP) is 4.98. The summed E-state index contributed by atoms with van der Waals surface area (Å²) >= 11 is 7.32. The Hall–Kier alpha value is -1.26. The summed E-state index contributed by atoms with van der Waals surface area (Å²) in [5, 5.41) is 3.38. The van der Waals surface area contributed by atoms with Crippen LogP contribution in [0.5, 0.6) is 5.75 Å². The molecule has 0 unspecified atom stereocenters. The number of aromatic nitrogens is 1. The highest BCUT2D eigenvalue weighted by molar-refractivity contribution is 7.15. The van der Waals surface area contributed by atoms with Crippen LogP contribution in [0.25, 0.3) is 0 Å². The molecule has 0 bridgehead atoms. The summed E-state index contributed by atoms with van der Waals surface area (Å²) in [7, 11) is 0. The lowest BCUT2D eigenvalue weighted by molar-refractivity contribution is 0.194. The van der Waals surface area contributed by atoms with Crippen LogP contribution in [-0.2, 0) is 6.54 Å². The highest BCUT2D eigenvalue weighted by Crippen LogP contribution is 2.27. The van der Waals surface area contributed by atoms with Crippen LogP contribution in [0.15, 0.2) is 30.5 Å². The molecule has 1 aromatic carbocycles. The molecule has 108 valence electrons. The first-order valence-electron chi connectivity index (χ1n) is 6.82. The fourth-order valence-corrected chi connectivity index (χ4v) is 2.82. The fourth-order valence-electron chi connectivity index (χ4n) is 1.90. The monoisotopic (exact) mass is 310 g/mol. The minimum atomic E-state index is 0.260. The lowest BCUT2D eigenvalue weighted by Gasteiger charge is -2.18. The molecular formula is C15H19ClN2OS. The van der Waals surface area contributed by atoms with Crippen LogP contribution in [0.3, 0.4) is 0 Å². The summed E-state index contributed by atoms with van der Waals surface area (Å²) in [6.07, 6.45) is 4.07. The van der Waals surface area contributed by atoms with E-state index in [-0.39, 0.29) is 6.10 Å². The van der Waals surface area contributed by atoms with E-state index in [1.165, 1.54) is 11.3 Å². The van der Waals surface area contributed by atoms with Crippen molar-refractivity contribution in [2.24, 2.45) is 0 Å². The van der Waals surface area contributed by atoms with Crippen molar-refractivity contribution in [1.82, 2.24) is 4.98 Å². The van der Waals surface area contributed by atoms with Gasteiger partial charge in [0.25, 0.3) is 0 Å². The minimum absolute atomic E-state index is 0.260. The number of ether oxygens (including phenoxy) is 1. The number of nitrogens with one attached hydrogen (secondary N) is 1. The second-order valence-electron chi connectivity index (χ2n) is 4.49. The van der Waals surface area contributed by atoms with Gasteiger partial charge in [-0.2, -0.15) is 0 Å². The molecule has 1 heterocycles. The zero-order valence-electron chi connectivity index (χ0n) is 11.7. The lowest BCUT2D eigenvalue weighted by atomic mass is 10.2. The Morgan fingerprint density at radius 1 is 1.30 bits per heavy atom. The van der Waals surface area contributed by atoms with Crippen LogP contribution < -0.4 is 10.1 Å². The standard InChI is InChI=1S/C15H19ClN2OS/c1-3-11(4-2)19-14-8-6-5-7-13(14)17-9-12-10-18-15(16)20-12/h5-8,10-11,17H,3-4,9H2,1-2H3. The van der Waals surface area contributed by atoms with Crippen molar-refractivity contribution < 1.29 is 4.74 Å². The van der Waals surface area contributed by atoms with Crippen molar-refractivity contribution in [3.63, 3.8) is 0 Å². The molecule has 0 saturated heterocycles. The summed E-state index contributed by atoms with van der Waals surface area (Å²) < 4.78 is 6.61. The van der Waals surface area contributed by atoms with E-state index < -0.39 is 0 Å². The number of anilines is 1. The predicted molar refractivity (Wildman–Crippen MR) is 85.9 cm³/mol. The molecule has 20 heavy (non-hydrogen) atoms. The van der Waals surface area contributed by atoms with E-state index >= 15 is 0 Å².